The smallest absolute Gasteiger partial charge is 0.295 e. The Bertz CT molecular complexity index is 1350. The Kier molecular flexibility index (Phi) is 5.70. The van der Waals surface area contributed by atoms with Crippen molar-refractivity contribution in [3.63, 3.8) is 0 Å². The van der Waals surface area contributed by atoms with Gasteiger partial charge in [-0.1, -0.05) is 41.9 Å². The molecule has 8 nitrogen and oxygen atoms in total. The third kappa shape index (κ3) is 4.35. The minimum absolute atomic E-state index is 0.0765. The lowest BCUT2D eigenvalue weighted by atomic mass is 10.1. The molecule has 0 aliphatic rings. The van der Waals surface area contributed by atoms with E-state index in [-0.39, 0.29) is 17.2 Å². The molecule has 0 bridgehead atoms. The van der Waals surface area contributed by atoms with E-state index in [0.717, 1.165) is 16.8 Å². The van der Waals surface area contributed by atoms with Crippen LogP contribution in [0, 0.1) is 24.0 Å². The first-order valence-electron chi connectivity index (χ1n) is 9.68. The molecular weight excluding hydrogens is 430 g/mol. The first-order valence-corrected chi connectivity index (χ1v) is 10.1. The molecule has 1 aromatic heterocycles. The zero-order valence-electron chi connectivity index (χ0n) is 17.2. The molecule has 0 aliphatic heterocycles. The van der Waals surface area contributed by atoms with Gasteiger partial charge in [0.25, 0.3) is 11.6 Å². The van der Waals surface area contributed by atoms with Crippen molar-refractivity contribution in [1.82, 2.24) is 14.8 Å². The Morgan fingerprint density at radius 3 is 2.59 bits per heavy atom. The lowest BCUT2D eigenvalue weighted by Crippen LogP contribution is -2.14. The normalized spacial score (nSPS) is 10.7. The van der Waals surface area contributed by atoms with Gasteiger partial charge >= 0.3 is 0 Å². The van der Waals surface area contributed by atoms with Crippen LogP contribution < -0.4 is 5.32 Å². The number of nitrogens with one attached hydrogen (secondary N) is 1. The molecule has 0 unspecified atom stereocenters. The predicted molar refractivity (Wildman–Crippen MR) is 122 cm³/mol. The van der Waals surface area contributed by atoms with Gasteiger partial charge in [0, 0.05) is 28.4 Å². The maximum absolute atomic E-state index is 12.9. The average Bonchev–Trinajstić information content (AvgIpc) is 3.21. The molecule has 4 aromatic rings. The van der Waals surface area contributed by atoms with Crippen molar-refractivity contribution in [1.29, 1.82) is 0 Å². The van der Waals surface area contributed by atoms with Crippen molar-refractivity contribution in [3.05, 3.63) is 98.8 Å². The Balaban J connectivity index is 1.78. The molecule has 0 saturated carbocycles. The molecule has 0 atom stereocenters. The van der Waals surface area contributed by atoms with Crippen molar-refractivity contribution < 1.29 is 9.72 Å². The quantitative estimate of drug-likeness (QED) is 0.327. The molecule has 3 aromatic carbocycles. The second kappa shape index (κ2) is 8.60. The van der Waals surface area contributed by atoms with E-state index in [1.54, 1.807) is 28.9 Å². The number of nitro groups is 1. The number of hydrogen-bond acceptors (Lipinski definition) is 5. The first-order chi connectivity index (χ1) is 15.3. The fourth-order valence-electron chi connectivity index (χ4n) is 3.22. The van der Waals surface area contributed by atoms with E-state index in [0.29, 0.717) is 16.4 Å². The molecule has 0 radical (unpaired) electrons. The van der Waals surface area contributed by atoms with Crippen molar-refractivity contribution in [3.8, 4) is 17.1 Å². The topological polar surface area (TPSA) is 103 Å². The summed E-state index contributed by atoms with van der Waals surface area (Å²) in [6, 6.07) is 18.7. The molecule has 4 rings (SSSR count). The fraction of sp³-hybridized carbons (Fsp3) is 0.0870. The molecule has 0 saturated heterocycles. The van der Waals surface area contributed by atoms with Gasteiger partial charge in [0.1, 0.15) is 0 Å². The standard InChI is InChI=1S/C23H18ClN5O3/c1-14-9-10-15(2)20(11-14)28-22(16-5-3-6-17(24)12-16)26-21(27-28)23(30)25-18-7-4-8-19(13-18)29(31)32/h3-13H,1-2H3,(H,25,30). The van der Waals surface area contributed by atoms with E-state index >= 15 is 0 Å². The minimum atomic E-state index is -0.585. The molecule has 0 fully saturated rings. The number of carbonyl (C=O) groups is 1. The van der Waals surface area contributed by atoms with E-state index in [1.165, 1.54) is 18.2 Å². The largest absolute Gasteiger partial charge is 0.319 e. The van der Waals surface area contributed by atoms with Crippen molar-refractivity contribution in [2.45, 2.75) is 13.8 Å². The third-order valence-corrected chi connectivity index (χ3v) is 5.04. The number of non-ortho nitro benzene ring substituents is 1. The number of rotatable bonds is 5. The molecule has 160 valence electrons. The maximum Gasteiger partial charge on any atom is 0.295 e. The van der Waals surface area contributed by atoms with Gasteiger partial charge in [-0.2, -0.15) is 0 Å². The number of halogens is 1. The molecule has 1 heterocycles. The summed E-state index contributed by atoms with van der Waals surface area (Å²) in [5, 5.41) is 18.6. The van der Waals surface area contributed by atoms with Crippen LogP contribution in [0.2, 0.25) is 5.02 Å². The average molecular weight is 448 g/mol. The predicted octanol–water partition coefficient (Wildman–Crippen LogP) is 5.37. The van der Waals surface area contributed by atoms with Crippen LogP contribution >= 0.6 is 11.6 Å². The highest BCUT2D eigenvalue weighted by Crippen LogP contribution is 2.26. The monoisotopic (exact) mass is 447 g/mol. The van der Waals surface area contributed by atoms with Crippen LogP contribution in [0.1, 0.15) is 21.7 Å². The summed E-state index contributed by atoms with van der Waals surface area (Å²) < 4.78 is 1.61. The molecule has 9 heteroatoms. The Morgan fingerprint density at radius 1 is 1.06 bits per heavy atom. The highest BCUT2D eigenvalue weighted by atomic mass is 35.5. The van der Waals surface area contributed by atoms with Gasteiger partial charge in [0.05, 0.1) is 10.6 Å². The van der Waals surface area contributed by atoms with Gasteiger partial charge in [-0.15, -0.1) is 5.10 Å². The third-order valence-electron chi connectivity index (χ3n) is 4.80. The second-order valence-corrected chi connectivity index (χ2v) is 7.67. The Morgan fingerprint density at radius 2 is 1.84 bits per heavy atom. The van der Waals surface area contributed by atoms with Crippen LogP contribution in [0.4, 0.5) is 11.4 Å². The maximum atomic E-state index is 12.9. The number of nitrogens with zero attached hydrogens (tertiary/aromatic N) is 4. The van der Waals surface area contributed by atoms with Crippen LogP contribution in [-0.4, -0.2) is 25.6 Å². The van der Waals surface area contributed by atoms with Crippen molar-refractivity contribution in [2.75, 3.05) is 5.32 Å². The van der Waals surface area contributed by atoms with Gasteiger partial charge in [0.2, 0.25) is 5.82 Å². The Hall–Kier alpha value is -4.04. The zero-order valence-corrected chi connectivity index (χ0v) is 18.0. The van der Waals surface area contributed by atoms with Crippen LogP contribution in [0.25, 0.3) is 17.1 Å². The lowest BCUT2D eigenvalue weighted by Gasteiger charge is -2.10. The lowest BCUT2D eigenvalue weighted by molar-refractivity contribution is -0.384. The van der Waals surface area contributed by atoms with Crippen molar-refractivity contribution >= 4 is 28.9 Å². The fourth-order valence-corrected chi connectivity index (χ4v) is 3.41. The van der Waals surface area contributed by atoms with E-state index < -0.39 is 10.8 Å². The van der Waals surface area contributed by atoms with Crippen molar-refractivity contribution in [2.24, 2.45) is 0 Å². The number of amides is 1. The molecule has 32 heavy (non-hydrogen) atoms. The Labute approximate surface area is 188 Å². The highest BCUT2D eigenvalue weighted by Gasteiger charge is 2.21. The number of hydrogen-bond donors (Lipinski definition) is 1. The van der Waals surface area contributed by atoms with E-state index in [1.807, 2.05) is 38.1 Å². The first kappa shape index (κ1) is 21.2. The number of carbonyl (C=O) groups excluding carboxylic acids is 1. The SMILES string of the molecule is Cc1ccc(C)c(-n2nc(C(=O)Nc3cccc([N+](=O)[O-])c3)nc2-c2cccc(Cl)c2)c1. The van der Waals surface area contributed by atoms with E-state index in [2.05, 4.69) is 15.4 Å². The summed E-state index contributed by atoms with van der Waals surface area (Å²) in [4.78, 5) is 27.9. The summed E-state index contributed by atoms with van der Waals surface area (Å²) in [5.41, 5.74) is 3.60. The second-order valence-electron chi connectivity index (χ2n) is 7.23. The highest BCUT2D eigenvalue weighted by molar-refractivity contribution is 6.30. The summed E-state index contributed by atoms with van der Waals surface area (Å²) in [7, 11) is 0. The van der Waals surface area contributed by atoms with Gasteiger partial charge in [0.15, 0.2) is 5.82 Å². The van der Waals surface area contributed by atoms with Gasteiger partial charge in [-0.3, -0.25) is 14.9 Å². The summed E-state index contributed by atoms with van der Waals surface area (Å²) in [6.45, 7) is 3.91. The molecular formula is C23H18ClN5O3. The van der Waals surface area contributed by atoms with Crippen LogP contribution in [0.15, 0.2) is 66.7 Å². The summed E-state index contributed by atoms with van der Waals surface area (Å²) in [5.74, 6) is -0.212. The van der Waals surface area contributed by atoms with Gasteiger partial charge in [-0.05, 0) is 49.2 Å². The number of aromatic nitrogens is 3. The van der Waals surface area contributed by atoms with E-state index in [4.69, 9.17) is 11.6 Å². The zero-order chi connectivity index (χ0) is 22.8. The van der Waals surface area contributed by atoms with Crippen LogP contribution in [-0.2, 0) is 0 Å². The van der Waals surface area contributed by atoms with Crippen LogP contribution in [0.5, 0.6) is 0 Å². The van der Waals surface area contributed by atoms with Crippen LogP contribution in [0.3, 0.4) is 0 Å². The molecule has 0 spiro atoms. The minimum Gasteiger partial charge on any atom is -0.319 e. The molecule has 1 N–H and O–H groups in total. The van der Waals surface area contributed by atoms with Gasteiger partial charge < -0.3 is 5.32 Å². The summed E-state index contributed by atoms with van der Waals surface area (Å²) in [6.07, 6.45) is 0. The molecule has 0 aliphatic carbocycles. The number of benzene rings is 3. The van der Waals surface area contributed by atoms with E-state index in [9.17, 15) is 14.9 Å². The number of anilines is 1. The summed E-state index contributed by atoms with van der Waals surface area (Å²) >= 11 is 6.17. The number of aryl methyl sites for hydroxylation is 2. The number of nitro benzene ring substituents is 1. The molecule has 1 amide bonds. The van der Waals surface area contributed by atoms with Gasteiger partial charge in [-0.25, -0.2) is 9.67 Å².